The Morgan fingerprint density at radius 1 is 1.07 bits per heavy atom. The molecule has 240 valence electrons. The van der Waals surface area contributed by atoms with E-state index in [1.807, 2.05) is 20.8 Å². The average molecular weight is 596 g/mol. The third kappa shape index (κ3) is 9.81. The maximum atomic E-state index is 9.16. The SMILES string of the molecule is C=C(OCCO)/C(=C\C=C(C)C)CN1CCC(N2CCN(c3nc(N)c(C(=C)NC4CC4)nc3C)CC2CC)CC1.CC. The smallest absolute Gasteiger partial charge is 0.154 e. The van der Waals surface area contributed by atoms with Gasteiger partial charge in [0.05, 0.1) is 18.0 Å². The number of nitrogens with two attached hydrogens (primary N) is 1. The fourth-order valence-electron chi connectivity index (χ4n) is 5.91. The minimum Gasteiger partial charge on any atom is -0.491 e. The second-order valence-electron chi connectivity index (χ2n) is 11.9. The monoisotopic (exact) mass is 595 g/mol. The molecule has 9 heteroatoms. The Kier molecular flexibility index (Phi) is 13.5. The van der Waals surface area contributed by atoms with Crippen molar-refractivity contribution in [1.82, 2.24) is 25.1 Å². The molecule has 4 rings (SSSR count). The van der Waals surface area contributed by atoms with Gasteiger partial charge in [0.25, 0.3) is 0 Å². The van der Waals surface area contributed by atoms with Crippen molar-refractivity contribution in [3.63, 3.8) is 0 Å². The molecule has 1 atom stereocenters. The van der Waals surface area contributed by atoms with Gasteiger partial charge in [-0.15, -0.1) is 0 Å². The first-order chi connectivity index (χ1) is 20.7. The summed E-state index contributed by atoms with van der Waals surface area (Å²) in [4.78, 5) is 17.3. The van der Waals surface area contributed by atoms with Crippen LogP contribution < -0.4 is 16.0 Å². The normalized spacial score (nSPS) is 20.2. The van der Waals surface area contributed by atoms with E-state index in [0.29, 0.717) is 35.4 Å². The Hall–Kier alpha value is -2.88. The average Bonchev–Trinajstić information content (AvgIpc) is 3.83. The second kappa shape index (κ2) is 16.8. The van der Waals surface area contributed by atoms with Gasteiger partial charge in [-0.2, -0.15) is 0 Å². The molecule has 0 bridgehead atoms. The first-order valence-electron chi connectivity index (χ1n) is 16.3. The van der Waals surface area contributed by atoms with Gasteiger partial charge in [-0.25, -0.2) is 9.97 Å². The number of nitrogen functional groups attached to an aromatic ring is 1. The molecule has 2 aliphatic heterocycles. The zero-order valence-electron chi connectivity index (χ0n) is 27.7. The summed E-state index contributed by atoms with van der Waals surface area (Å²) >= 11 is 0. The van der Waals surface area contributed by atoms with Crippen molar-refractivity contribution in [2.75, 3.05) is 63.1 Å². The number of piperazine rings is 1. The van der Waals surface area contributed by atoms with E-state index in [9.17, 15) is 0 Å². The van der Waals surface area contributed by atoms with Gasteiger partial charge in [0.15, 0.2) is 11.6 Å². The highest BCUT2D eigenvalue weighted by atomic mass is 16.5. The third-order valence-electron chi connectivity index (χ3n) is 8.38. The predicted octanol–water partition coefficient (Wildman–Crippen LogP) is 4.90. The summed E-state index contributed by atoms with van der Waals surface area (Å²) in [7, 11) is 0. The van der Waals surface area contributed by atoms with E-state index < -0.39 is 0 Å². The molecule has 1 aliphatic carbocycles. The van der Waals surface area contributed by atoms with E-state index in [1.54, 1.807) is 0 Å². The van der Waals surface area contributed by atoms with Crippen LogP contribution in [0.25, 0.3) is 5.70 Å². The molecule has 1 aromatic rings. The van der Waals surface area contributed by atoms with Crippen molar-refractivity contribution >= 4 is 17.3 Å². The van der Waals surface area contributed by atoms with Crippen molar-refractivity contribution in [1.29, 1.82) is 0 Å². The van der Waals surface area contributed by atoms with E-state index in [2.05, 4.69) is 66.1 Å². The van der Waals surface area contributed by atoms with Gasteiger partial charge < -0.3 is 25.8 Å². The van der Waals surface area contributed by atoms with Crippen LogP contribution in [0.15, 0.2) is 42.2 Å². The number of aliphatic hydroxyl groups excluding tert-OH is 1. The number of aryl methyl sites for hydroxylation is 1. The van der Waals surface area contributed by atoms with Gasteiger partial charge in [-0.05, 0) is 66.0 Å². The highest BCUT2D eigenvalue weighted by Gasteiger charge is 2.34. The quantitative estimate of drug-likeness (QED) is 0.217. The molecule has 3 aliphatic rings. The van der Waals surface area contributed by atoms with Crippen molar-refractivity contribution in [2.45, 2.75) is 91.8 Å². The molecule has 0 amide bonds. The Morgan fingerprint density at radius 2 is 1.77 bits per heavy atom. The lowest BCUT2D eigenvalue weighted by Crippen LogP contribution is -2.58. The number of piperidine rings is 1. The number of nitrogens with zero attached hydrogens (tertiary/aromatic N) is 5. The van der Waals surface area contributed by atoms with Crippen LogP contribution in [0.2, 0.25) is 0 Å². The van der Waals surface area contributed by atoms with Crippen LogP contribution in [0.4, 0.5) is 11.6 Å². The molecular formula is C34H57N7O2. The lowest BCUT2D eigenvalue weighted by molar-refractivity contribution is 0.0650. The molecule has 0 radical (unpaired) electrons. The van der Waals surface area contributed by atoms with Crippen LogP contribution >= 0.6 is 0 Å². The molecular weight excluding hydrogens is 538 g/mol. The summed E-state index contributed by atoms with van der Waals surface area (Å²) in [6.07, 6.45) is 9.95. The number of hydrogen-bond acceptors (Lipinski definition) is 9. The Balaban J connectivity index is 0.00000248. The van der Waals surface area contributed by atoms with Crippen LogP contribution in [-0.2, 0) is 4.74 Å². The van der Waals surface area contributed by atoms with Gasteiger partial charge in [0, 0.05) is 49.9 Å². The Labute approximate surface area is 260 Å². The molecule has 1 saturated carbocycles. The standard InChI is InChI=1S/C32H51N7O2.C2H6/c1-7-28-21-38(32-24(5)35-30(31(33)36-32)23(4)34-27-10-11-27)16-17-39(28)29-12-14-37(15-13-29)20-26(9-8-22(2)3)25(6)41-19-18-40;1-2/h8-9,27-29,34,40H,4,6-7,10-21H2,1-3,5H3,(H2,33,36);1-2H3/b26-9-;. The first kappa shape index (κ1) is 34.6. The zero-order valence-corrected chi connectivity index (χ0v) is 27.7. The molecule has 0 spiro atoms. The van der Waals surface area contributed by atoms with Gasteiger partial charge >= 0.3 is 0 Å². The number of likely N-dealkylation sites (tertiary alicyclic amines) is 1. The minimum atomic E-state index is -0.00928. The zero-order chi connectivity index (χ0) is 31.5. The highest BCUT2D eigenvalue weighted by Crippen LogP contribution is 2.30. The molecule has 0 aromatic carbocycles. The molecule has 3 fully saturated rings. The van der Waals surface area contributed by atoms with Gasteiger partial charge in [0.2, 0.25) is 0 Å². The maximum Gasteiger partial charge on any atom is 0.154 e. The fourth-order valence-corrected chi connectivity index (χ4v) is 5.91. The first-order valence-corrected chi connectivity index (χ1v) is 16.3. The van der Waals surface area contributed by atoms with E-state index in [4.69, 9.17) is 25.5 Å². The summed E-state index contributed by atoms with van der Waals surface area (Å²) in [5, 5.41) is 12.6. The lowest BCUT2D eigenvalue weighted by Gasteiger charge is -2.48. The Bertz CT molecular complexity index is 1130. The molecule has 3 heterocycles. The van der Waals surface area contributed by atoms with E-state index in [1.165, 1.54) is 18.4 Å². The van der Waals surface area contributed by atoms with Crippen molar-refractivity contribution in [2.24, 2.45) is 0 Å². The minimum absolute atomic E-state index is 0.00928. The second-order valence-corrected chi connectivity index (χ2v) is 11.9. The number of anilines is 2. The van der Waals surface area contributed by atoms with E-state index in [0.717, 1.165) is 81.3 Å². The topological polar surface area (TPSA) is 103 Å². The number of ether oxygens (including phenoxy) is 1. The van der Waals surface area contributed by atoms with Crippen LogP contribution in [-0.4, -0.2) is 95.5 Å². The number of hydrogen-bond donors (Lipinski definition) is 3. The largest absolute Gasteiger partial charge is 0.491 e. The number of nitrogens with one attached hydrogen (secondary N) is 1. The summed E-state index contributed by atoms with van der Waals surface area (Å²) in [6.45, 7) is 26.8. The molecule has 2 saturated heterocycles. The summed E-state index contributed by atoms with van der Waals surface area (Å²) in [5.74, 6) is 2.00. The Morgan fingerprint density at radius 3 is 2.37 bits per heavy atom. The predicted molar refractivity (Wildman–Crippen MR) is 180 cm³/mol. The number of aromatic nitrogens is 2. The molecule has 4 N–H and O–H groups in total. The van der Waals surface area contributed by atoms with Gasteiger partial charge in [-0.3, -0.25) is 9.80 Å². The summed E-state index contributed by atoms with van der Waals surface area (Å²) in [5.41, 5.74) is 11.1. The summed E-state index contributed by atoms with van der Waals surface area (Å²) < 4.78 is 5.66. The summed E-state index contributed by atoms with van der Waals surface area (Å²) in [6, 6.07) is 1.54. The van der Waals surface area contributed by atoms with Gasteiger partial charge in [-0.1, -0.05) is 51.7 Å². The molecule has 1 aromatic heterocycles. The third-order valence-corrected chi connectivity index (χ3v) is 8.38. The fraction of sp³-hybridized carbons (Fsp3) is 0.647. The van der Waals surface area contributed by atoms with Crippen LogP contribution in [0.1, 0.15) is 78.1 Å². The molecule has 43 heavy (non-hydrogen) atoms. The van der Waals surface area contributed by atoms with Crippen LogP contribution in [0, 0.1) is 6.92 Å². The van der Waals surface area contributed by atoms with Gasteiger partial charge in [0.1, 0.15) is 18.1 Å². The van der Waals surface area contributed by atoms with E-state index in [-0.39, 0.29) is 13.2 Å². The molecule has 9 nitrogen and oxygen atoms in total. The van der Waals surface area contributed by atoms with Crippen molar-refractivity contribution in [3.8, 4) is 0 Å². The number of rotatable bonds is 13. The molecule has 1 unspecified atom stereocenters. The van der Waals surface area contributed by atoms with Crippen LogP contribution in [0.3, 0.4) is 0 Å². The van der Waals surface area contributed by atoms with Crippen LogP contribution in [0.5, 0.6) is 0 Å². The van der Waals surface area contributed by atoms with Crippen molar-refractivity contribution in [3.05, 3.63) is 53.6 Å². The number of allylic oxidation sites excluding steroid dienone is 3. The number of aliphatic hydroxyl groups is 1. The highest BCUT2D eigenvalue weighted by molar-refractivity contribution is 5.69. The maximum absolute atomic E-state index is 9.16. The van der Waals surface area contributed by atoms with Crippen molar-refractivity contribution < 1.29 is 9.84 Å². The lowest BCUT2D eigenvalue weighted by atomic mass is 9.97. The van der Waals surface area contributed by atoms with E-state index >= 15 is 0 Å².